The molecule has 2 heterocycles. The van der Waals surface area contributed by atoms with Crippen molar-refractivity contribution in [3.8, 4) is 0 Å². The van der Waals surface area contributed by atoms with Gasteiger partial charge in [-0.05, 0) is 22.0 Å². The van der Waals surface area contributed by atoms with Gasteiger partial charge in [-0.25, -0.2) is 0 Å². The number of halogens is 1. The number of H-pyrrole nitrogens is 1. The number of aromatic nitrogens is 1. The molecule has 1 aliphatic rings. The van der Waals surface area contributed by atoms with E-state index in [4.69, 9.17) is 5.11 Å². The highest BCUT2D eigenvalue weighted by Gasteiger charge is 2.24. The molecule has 0 unspecified atom stereocenters. The minimum absolute atomic E-state index is 0.0724. The second kappa shape index (κ2) is 5.53. The number of amides is 2. The lowest BCUT2D eigenvalue weighted by Crippen LogP contribution is -2.51. The van der Waals surface area contributed by atoms with Crippen LogP contribution >= 0.6 is 15.9 Å². The molecular weight excluding hydrogens is 302 g/mol. The third-order valence-electron chi connectivity index (χ3n) is 2.93. The van der Waals surface area contributed by atoms with Crippen LogP contribution < -0.4 is 0 Å². The zero-order chi connectivity index (χ0) is 13.1. The number of carbonyl (C=O) groups excluding carboxylic acids is 2. The summed E-state index contributed by atoms with van der Waals surface area (Å²) in [5.74, 6) is -0.360. The van der Waals surface area contributed by atoms with Crippen LogP contribution in [0.15, 0.2) is 16.7 Å². The van der Waals surface area contributed by atoms with E-state index in [0.717, 1.165) is 4.47 Å². The maximum Gasteiger partial charge on any atom is 0.270 e. The van der Waals surface area contributed by atoms with Gasteiger partial charge in [-0.2, -0.15) is 0 Å². The molecule has 0 aliphatic carbocycles. The third-order valence-corrected chi connectivity index (χ3v) is 3.39. The second-order valence-electron chi connectivity index (χ2n) is 4.06. The summed E-state index contributed by atoms with van der Waals surface area (Å²) in [7, 11) is 0. The number of carbonyl (C=O) groups is 2. The first kappa shape index (κ1) is 13.1. The molecule has 18 heavy (non-hydrogen) atoms. The molecule has 98 valence electrons. The number of aliphatic hydroxyl groups excluding tert-OH is 1. The molecule has 0 spiro atoms. The molecule has 1 aromatic rings. The lowest BCUT2D eigenvalue weighted by Gasteiger charge is -2.34. The normalized spacial score (nSPS) is 15.9. The van der Waals surface area contributed by atoms with E-state index in [9.17, 15) is 9.59 Å². The van der Waals surface area contributed by atoms with Gasteiger partial charge in [0.2, 0.25) is 5.91 Å². The Bertz CT molecular complexity index is 452. The molecule has 0 radical (unpaired) electrons. The smallest absolute Gasteiger partial charge is 0.270 e. The highest BCUT2D eigenvalue weighted by atomic mass is 79.9. The number of hydrogen-bond acceptors (Lipinski definition) is 3. The predicted molar refractivity (Wildman–Crippen MR) is 68.1 cm³/mol. The Hall–Kier alpha value is -1.34. The Balaban J connectivity index is 1.94. The van der Waals surface area contributed by atoms with Crippen LogP contribution in [0.2, 0.25) is 0 Å². The van der Waals surface area contributed by atoms with Gasteiger partial charge in [-0.15, -0.1) is 0 Å². The van der Waals surface area contributed by atoms with Crippen molar-refractivity contribution in [2.75, 3.05) is 32.8 Å². The van der Waals surface area contributed by atoms with Crippen LogP contribution in [0.25, 0.3) is 0 Å². The number of nitrogens with one attached hydrogen (secondary N) is 1. The van der Waals surface area contributed by atoms with Gasteiger partial charge in [0.15, 0.2) is 0 Å². The van der Waals surface area contributed by atoms with Crippen molar-refractivity contribution < 1.29 is 14.7 Å². The standard InChI is InChI=1S/C11H14BrN3O3/c12-8-5-9(13-6-8)11(18)15-3-1-14(2-4-15)10(17)7-16/h5-6,13,16H,1-4,7H2. The Kier molecular flexibility index (Phi) is 4.03. The Labute approximate surface area is 113 Å². The number of piperazine rings is 1. The van der Waals surface area contributed by atoms with Gasteiger partial charge < -0.3 is 19.9 Å². The van der Waals surface area contributed by atoms with Crippen molar-refractivity contribution >= 4 is 27.7 Å². The van der Waals surface area contributed by atoms with Crippen molar-refractivity contribution in [3.63, 3.8) is 0 Å². The maximum atomic E-state index is 12.1. The van der Waals surface area contributed by atoms with E-state index in [-0.39, 0.29) is 11.8 Å². The average Bonchev–Trinajstić information content (AvgIpc) is 2.84. The highest BCUT2D eigenvalue weighted by Crippen LogP contribution is 2.13. The van der Waals surface area contributed by atoms with Gasteiger partial charge in [0.25, 0.3) is 5.91 Å². The SMILES string of the molecule is O=C(CO)N1CCN(C(=O)c2cc(Br)c[nH]2)CC1. The largest absolute Gasteiger partial charge is 0.387 e. The summed E-state index contributed by atoms with van der Waals surface area (Å²) < 4.78 is 0.833. The zero-order valence-electron chi connectivity index (χ0n) is 9.73. The van der Waals surface area contributed by atoms with E-state index >= 15 is 0 Å². The summed E-state index contributed by atoms with van der Waals surface area (Å²) in [5, 5.41) is 8.76. The van der Waals surface area contributed by atoms with Crippen LogP contribution in [-0.2, 0) is 4.79 Å². The van der Waals surface area contributed by atoms with E-state index in [1.165, 1.54) is 0 Å². The topological polar surface area (TPSA) is 76.6 Å². The highest BCUT2D eigenvalue weighted by molar-refractivity contribution is 9.10. The predicted octanol–water partition coefficient (Wildman–Crippen LogP) is 0.0539. The molecule has 0 aromatic carbocycles. The van der Waals surface area contributed by atoms with Crippen LogP contribution in [0.5, 0.6) is 0 Å². The molecule has 1 aromatic heterocycles. The molecule has 7 heteroatoms. The van der Waals surface area contributed by atoms with Crippen LogP contribution in [0.1, 0.15) is 10.5 Å². The molecule has 2 amide bonds. The monoisotopic (exact) mass is 315 g/mol. The number of rotatable bonds is 2. The summed E-state index contributed by atoms with van der Waals surface area (Å²) in [6.07, 6.45) is 1.71. The molecule has 2 N–H and O–H groups in total. The van der Waals surface area contributed by atoms with Crippen molar-refractivity contribution in [2.24, 2.45) is 0 Å². The molecule has 0 bridgehead atoms. The van der Waals surface area contributed by atoms with Crippen LogP contribution in [-0.4, -0.2) is 64.5 Å². The van der Waals surface area contributed by atoms with Gasteiger partial charge in [0.05, 0.1) is 0 Å². The summed E-state index contributed by atoms with van der Waals surface area (Å²) in [6.45, 7) is 1.43. The van der Waals surface area contributed by atoms with Gasteiger partial charge in [0.1, 0.15) is 12.3 Å². The Morgan fingerprint density at radius 1 is 1.28 bits per heavy atom. The fourth-order valence-corrected chi connectivity index (χ4v) is 2.26. The van der Waals surface area contributed by atoms with Crippen LogP contribution in [0.4, 0.5) is 0 Å². The average molecular weight is 316 g/mol. The third kappa shape index (κ3) is 2.73. The fraction of sp³-hybridized carbons (Fsp3) is 0.455. The minimum Gasteiger partial charge on any atom is -0.387 e. The molecule has 1 saturated heterocycles. The van der Waals surface area contributed by atoms with Crippen LogP contribution in [0, 0.1) is 0 Å². The Morgan fingerprint density at radius 2 is 1.89 bits per heavy atom. The maximum absolute atomic E-state index is 12.1. The van der Waals surface area contributed by atoms with Gasteiger partial charge in [-0.3, -0.25) is 9.59 Å². The first-order valence-electron chi connectivity index (χ1n) is 5.63. The molecule has 2 rings (SSSR count). The quantitative estimate of drug-likeness (QED) is 0.810. The van der Waals surface area contributed by atoms with E-state index in [1.807, 2.05) is 0 Å². The minimum atomic E-state index is -0.475. The Morgan fingerprint density at radius 3 is 2.39 bits per heavy atom. The number of nitrogens with zero attached hydrogens (tertiary/aromatic N) is 2. The zero-order valence-corrected chi connectivity index (χ0v) is 11.3. The first-order chi connectivity index (χ1) is 8.61. The van der Waals surface area contributed by atoms with Crippen LogP contribution in [0.3, 0.4) is 0 Å². The summed E-state index contributed by atoms with van der Waals surface area (Å²) in [4.78, 5) is 29.5. The van der Waals surface area contributed by atoms with E-state index in [1.54, 1.807) is 22.1 Å². The number of aromatic amines is 1. The fourth-order valence-electron chi connectivity index (χ4n) is 1.92. The van der Waals surface area contributed by atoms with Gasteiger partial charge in [-0.1, -0.05) is 0 Å². The molecule has 6 nitrogen and oxygen atoms in total. The first-order valence-corrected chi connectivity index (χ1v) is 6.43. The summed E-state index contributed by atoms with van der Waals surface area (Å²) >= 11 is 3.28. The van der Waals surface area contributed by atoms with Crippen molar-refractivity contribution in [2.45, 2.75) is 0 Å². The number of hydrogen-bond donors (Lipinski definition) is 2. The lowest BCUT2D eigenvalue weighted by atomic mass is 10.2. The van der Waals surface area contributed by atoms with Crippen molar-refractivity contribution in [1.29, 1.82) is 0 Å². The molecule has 1 fully saturated rings. The molecule has 0 saturated carbocycles. The second-order valence-corrected chi connectivity index (χ2v) is 4.98. The van der Waals surface area contributed by atoms with Crippen molar-refractivity contribution in [1.82, 2.24) is 14.8 Å². The number of aliphatic hydroxyl groups is 1. The van der Waals surface area contributed by atoms with Crippen molar-refractivity contribution in [3.05, 3.63) is 22.4 Å². The molecular formula is C11H14BrN3O3. The van der Waals surface area contributed by atoms with E-state index < -0.39 is 6.61 Å². The summed E-state index contributed by atoms with van der Waals surface area (Å²) in [6, 6.07) is 1.73. The van der Waals surface area contributed by atoms with Gasteiger partial charge >= 0.3 is 0 Å². The summed E-state index contributed by atoms with van der Waals surface area (Å²) in [5.41, 5.74) is 0.531. The molecule has 1 aliphatic heterocycles. The van der Waals surface area contributed by atoms with Gasteiger partial charge in [0, 0.05) is 36.8 Å². The van der Waals surface area contributed by atoms with E-state index in [0.29, 0.717) is 31.9 Å². The lowest BCUT2D eigenvalue weighted by molar-refractivity contribution is -0.135. The molecule has 0 atom stereocenters. The van der Waals surface area contributed by atoms with E-state index in [2.05, 4.69) is 20.9 Å².